The highest BCUT2D eigenvalue weighted by atomic mass is 16.7. The molecular weight excluding hydrogens is 534 g/mol. The van der Waals surface area contributed by atoms with Crippen molar-refractivity contribution < 1.29 is 47.6 Å². The number of unbranched alkanes of at least 4 members (excludes halogenated alkanes) is 6. The monoisotopic (exact) mass is 581 g/mol. The maximum Gasteiger partial charge on any atom is 0.513 e. The Morgan fingerprint density at radius 1 is 0.756 bits per heavy atom. The van der Waals surface area contributed by atoms with Crippen LogP contribution in [0, 0.1) is 0 Å². The molecule has 0 aromatic heterocycles. The lowest BCUT2D eigenvalue weighted by molar-refractivity contribution is -0.158. The van der Waals surface area contributed by atoms with Gasteiger partial charge in [0, 0.05) is 6.42 Å². The number of hydrogen-bond donors (Lipinski definition) is 1. The molecule has 11 heteroatoms. The molecule has 0 saturated heterocycles. The Labute approximate surface area is 243 Å². The summed E-state index contributed by atoms with van der Waals surface area (Å²) in [5, 5.41) is 0. The third-order valence-electron chi connectivity index (χ3n) is 5.87. The van der Waals surface area contributed by atoms with Gasteiger partial charge in [-0.05, 0) is 50.3 Å². The highest BCUT2D eigenvalue weighted by Crippen LogP contribution is 2.30. The fourth-order valence-electron chi connectivity index (χ4n) is 3.58. The van der Waals surface area contributed by atoms with E-state index >= 15 is 0 Å². The summed E-state index contributed by atoms with van der Waals surface area (Å²) in [6.07, 6.45) is 5.67. The van der Waals surface area contributed by atoms with Crippen molar-refractivity contribution in [3.63, 3.8) is 0 Å². The SMILES string of the molecule is CCCCCOC(=O)Oc1ccc(C[C@H](N)C(=O)OC[C@H](C)OC(=O)CCCCC)cc1OC(=O)OCCCCC. The molecule has 0 aliphatic rings. The van der Waals surface area contributed by atoms with Crippen LogP contribution in [0.5, 0.6) is 11.5 Å². The largest absolute Gasteiger partial charge is 0.513 e. The number of carbonyl (C=O) groups is 4. The van der Waals surface area contributed by atoms with E-state index in [9.17, 15) is 19.2 Å². The molecule has 0 amide bonds. The molecule has 0 fully saturated rings. The molecule has 0 heterocycles. The fourth-order valence-corrected chi connectivity index (χ4v) is 3.58. The molecule has 2 atom stereocenters. The molecule has 0 radical (unpaired) electrons. The van der Waals surface area contributed by atoms with Gasteiger partial charge in [-0.2, -0.15) is 0 Å². The second-order valence-corrected chi connectivity index (χ2v) is 9.79. The lowest BCUT2D eigenvalue weighted by Crippen LogP contribution is -2.36. The third kappa shape index (κ3) is 16.5. The van der Waals surface area contributed by atoms with Gasteiger partial charge in [0.05, 0.1) is 13.2 Å². The molecule has 0 unspecified atom stereocenters. The van der Waals surface area contributed by atoms with Crippen LogP contribution < -0.4 is 15.2 Å². The molecule has 2 N–H and O–H groups in total. The summed E-state index contributed by atoms with van der Waals surface area (Å²) in [6.45, 7) is 8.00. The first-order chi connectivity index (χ1) is 19.7. The first kappa shape index (κ1) is 35.7. The third-order valence-corrected chi connectivity index (χ3v) is 5.87. The van der Waals surface area contributed by atoms with E-state index < -0.39 is 30.4 Å². The molecule has 41 heavy (non-hydrogen) atoms. The minimum atomic E-state index is -1.05. The van der Waals surface area contributed by atoms with Gasteiger partial charge in [0.2, 0.25) is 0 Å². The average Bonchev–Trinajstić information content (AvgIpc) is 2.93. The number of ether oxygens (including phenoxy) is 6. The van der Waals surface area contributed by atoms with E-state index in [-0.39, 0.29) is 43.7 Å². The smallest absolute Gasteiger partial charge is 0.461 e. The van der Waals surface area contributed by atoms with Crippen LogP contribution in [0.15, 0.2) is 18.2 Å². The van der Waals surface area contributed by atoms with Gasteiger partial charge in [-0.3, -0.25) is 9.59 Å². The van der Waals surface area contributed by atoms with E-state index in [0.29, 0.717) is 24.8 Å². The quantitative estimate of drug-likeness (QED) is 0.0833. The summed E-state index contributed by atoms with van der Waals surface area (Å²) in [6, 6.07) is 3.38. The number of carbonyl (C=O) groups excluding carboxylic acids is 4. The summed E-state index contributed by atoms with van der Waals surface area (Å²) in [4.78, 5) is 48.7. The van der Waals surface area contributed by atoms with E-state index in [1.54, 1.807) is 13.0 Å². The first-order valence-corrected chi connectivity index (χ1v) is 14.6. The number of nitrogens with two attached hydrogens (primary N) is 1. The van der Waals surface area contributed by atoms with Crippen LogP contribution in [0.4, 0.5) is 9.59 Å². The zero-order chi connectivity index (χ0) is 30.5. The van der Waals surface area contributed by atoms with E-state index in [2.05, 4.69) is 0 Å². The van der Waals surface area contributed by atoms with Crippen LogP contribution in [-0.4, -0.2) is 56.2 Å². The Hall–Kier alpha value is -3.34. The van der Waals surface area contributed by atoms with Crippen LogP contribution in [0.3, 0.4) is 0 Å². The van der Waals surface area contributed by atoms with Crippen molar-refractivity contribution >= 4 is 24.2 Å². The zero-order valence-corrected chi connectivity index (χ0v) is 24.9. The van der Waals surface area contributed by atoms with Gasteiger partial charge in [-0.25, -0.2) is 9.59 Å². The van der Waals surface area contributed by atoms with Crippen LogP contribution in [0.1, 0.15) is 97.5 Å². The normalized spacial score (nSPS) is 12.1. The van der Waals surface area contributed by atoms with Gasteiger partial charge in [-0.15, -0.1) is 0 Å². The molecule has 1 aromatic rings. The van der Waals surface area contributed by atoms with Gasteiger partial charge in [0.15, 0.2) is 11.5 Å². The lowest BCUT2D eigenvalue weighted by Gasteiger charge is -2.17. The summed E-state index contributed by atoms with van der Waals surface area (Å²) < 4.78 is 31.2. The van der Waals surface area contributed by atoms with E-state index in [1.807, 2.05) is 20.8 Å². The first-order valence-electron chi connectivity index (χ1n) is 14.6. The Kier molecular flexibility index (Phi) is 18.6. The lowest BCUT2D eigenvalue weighted by atomic mass is 10.1. The highest BCUT2D eigenvalue weighted by molar-refractivity contribution is 5.76. The minimum Gasteiger partial charge on any atom is -0.461 e. The maximum absolute atomic E-state index is 12.5. The molecular formula is C30H47NO10. The fraction of sp³-hybridized carbons (Fsp3) is 0.667. The van der Waals surface area contributed by atoms with Crippen LogP contribution in [0.2, 0.25) is 0 Å². The molecule has 0 saturated carbocycles. The summed E-state index contributed by atoms with van der Waals surface area (Å²) in [7, 11) is 0. The molecule has 1 aromatic carbocycles. The number of hydrogen-bond acceptors (Lipinski definition) is 11. The minimum absolute atomic E-state index is 0.0354. The van der Waals surface area contributed by atoms with Crippen molar-refractivity contribution in [2.45, 2.75) is 110 Å². The Morgan fingerprint density at radius 3 is 1.90 bits per heavy atom. The van der Waals surface area contributed by atoms with Crippen molar-refractivity contribution in [2.24, 2.45) is 5.73 Å². The predicted molar refractivity (Wildman–Crippen MR) is 152 cm³/mol. The van der Waals surface area contributed by atoms with Crippen molar-refractivity contribution in [3.8, 4) is 11.5 Å². The molecule has 0 aliphatic carbocycles. The van der Waals surface area contributed by atoms with Gasteiger partial charge in [-0.1, -0.05) is 65.4 Å². The Bertz CT molecular complexity index is 936. The van der Waals surface area contributed by atoms with E-state index in [0.717, 1.165) is 44.9 Å². The molecule has 0 aliphatic heterocycles. The van der Waals surface area contributed by atoms with Crippen LogP contribution >= 0.6 is 0 Å². The van der Waals surface area contributed by atoms with E-state index in [4.69, 9.17) is 34.2 Å². The summed E-state index contributed by atoms with van der Waals surface area (Å²) >= 11 is 0. The molecule has 0 spiro atoms. The topological polar surface area (TPSA) is 150 Å². The Morgan fingerprint density at radius 2 is 1.32 bits per heavy atom. The predicted octanol–water partition coefficient (Wildman–Crippen LogP) is 6.02. The van der Waals surface area contributed by atoms with E-state index in [1.165, 1.54) is 12.1 Å². The second kappa shape index (κ2) is 21.4. The molecule has 11 nitrogen and oxygen atoms in total. The highest BCUT2D eigenvalue weighted by Gasteiger charge is 2.21. The number of rotatable bonds is 20. The average molecular weight is 582 g/mol. The van der Waals surface area contributed by atoms with Crippen molar-refractivity contribution in [2.75, 3.05) is 19.8 Å². The standard InChI is InChI=1S/C30H47NO10/c1-5-8-11-14-27(32)39-22(4)21-38-28(33)24(31)19-23-15-16-25(40-29(34)36-17-12-9-6-2)26(20-23)41-30(35)37-18-13-10-7-3/h15-16,20,22,24H,5-14,17-19,21,31H2,1-4H3/t22-,24-/m0/s1. The van der Waals surface area contributed by atoms with Crippen molar-refractivity contribution in [3.05, 3.63) is 23.8 Å². The van der Waals surface area contributed by atoms with Gasteiger partial charge < -0.3 is 34.2 Å². The summed E-state index contributed by atoms with van der Waals surface area (Å²) in [5.41, 5.74) is 6.56. The van der Waals surface area contributed by atoms with Crippen LogP contribution in [0.25, 0.3) is 0 Å². The molecule has 1 rings (SSSR count). The zero-order valence-electron chi connectivity index (χ0n) is 24.9. The molecule has 0 bridgehead atoms. The van der Waals surface area contributed by atoms with Gasteiger partial charge in [0.1, 0.15) is 18.8 Å². The summed E-state index contributed by atoms with van der Waals surface area (Å²) in [5.74, 6) is -1.16. The van der Waals surface area contributed by atoms with Crippen LogP contribution in [-0.2, 0) is 35.0 Å². The Balaban J connectivity index is 2.78. The molecule has 232 valence electrons. The van der Waals surface area contributed by atoms with Gasteiger partial charge >= 0.3 is 24.2 Å². The maximum atomic E-state index is 12.5. The number of benzene rings is 1. The number of esters is 2. The second-order valence-electron chi connectivity index (χ2n) is 9.79. The van der Waals surface area contributed by atoms with Crippen molar-refractivity contribution in [1.29, 1.82) is 0 Å². The van der Waals surface area contributed by atoms with Crippen molar-refractivity contribution in [1.82, 2.24) is 0 Å². The van der Waals surface area contributed by atoms with Gasteiger partial charge in [0.25, 0.3) is 0 Å².